The van der Waals surface area contributed by atoms with E-state index in [1.807, 2.05) is 12.1 Å². The predicted octanol–water partition coefficient (Wildman–Crippen LogP) is 1.40. The van der Waals surface area contributed by atoms with Gasteiger partial charge in [-0.1, -0.05) is 28.1 Å². The van der Waals surface area contributed by atoms with Crippen LogP contribution in [0, 0.1) is 0 Å². The fraction of sp³-hybridized carbons (Fsp3) is 0.333. The van der Waals surface area contributed by atoms with Gasteiger partial charge in [-0.2, -0.15) is 0 Å². The van der Waals surface area contributed by atoms with Crippen molar-refractivity contribution < 1.29 is 9.59 Å². The maximum absolute atomic E-state index is 11.9. The van der Waals surface area contributed by atoms with Crippen molar-refractivity contribution >= 4 is 27.7 Å². The number of carbonyl (C=O) groups excluding carboxylic acids is 2. The van der Waals surface area contributed by atoms with Crippen LogP contribution in [0.5, 0.6) is 0 Å². The normalized spacial score (nSPS) is 9.82. The third kappa shape index (κ3) is 3.85. The van der Waals surface area contributed by atoms with Crippen molar-refractivity contribution in [2.45, 2.75) is 5.33 Å². The second kappa shape index (κ2) is 6.39. The van der Waals surface area contributed by atoms with E-state index in [4.69, 9.17) is 0 Å². The SMILES string of the molecule is CNC(=O)CN(C)C(=O)c1ccc(CBr)cc1. The van der Waals surface area contributed by atoms with Gasteiger partial charge in [-0.25, -0.2) is 0 Å². The van der Waals surface area contributed by atoms with Crippen LogP contribution in [-0.4, -0.2) is 37.4 Å². The summed E-state index contributed by atoms with van der Waals surface area (Å²) in [4.78, 5) is 24.5. The van der Waals surface area contributed by atoms with Crippen LogP contribution in [0.2, 0.25) is 0 Å². The van der Waals surface area contributed by atoms with Crippen LogP contribution in [0.15, 0.2) is 24.3 Å². The molecule has 0 aliphatic rings. The molecule has 0 aliphatic heterocycles. The van der Waals surface area contributed by atoms with E-state index in [2.05, 4.69) is 21.2 Å². The van der Waals surface area contributed by atoms with Gasteiger partial charge in [0.05, 0.1) is 6.54 Å². The first-order chi connectivity index (χ1) is 8.08. The number of nitrogens with zero attached hydrogens (tertiary/aromatic N) is 1. The molecule has 5 heteroatoms. The molecule has 4 nitrogen and oxygen atoms in total. The van der Waals surface area contributed by atoms with Gasteiger partial charge < -0.3 is 10.2 Å². The fourth-order valence-corrected chi connectivity index (χ4v) is 1.70. The lowest BCUT2D eigenvalue weighted by molar-refractivity contribution is -0.121. The number of hydrogen-bond donors (Lipinski definition) is 1. The highest BCUT2D eigenvalue weighted by Gasteiger charge is 2.13. The number of hydrogen-bond acceptors (Lipinski definition) is 2. The first-order valence-corrected chi connectivity index (χ1v) is 6.31. The summed E-state index contributed by atoms with van der Waals surface area (Å²) >= 11 is 3.34. The molecule has 0 heterocycles. The quantitative estimate of drug-likeness (QED) is 0.854. The van der Waals surface area contributed by atoms with Crippen molar-refractivity contribution in [3.8, 4) is 0 Å². The van der Waals surface area contributed by atoms with Crippen molar-refractivity contribution in [2.24, 2.45) is 0 Å². The van der Waals surface area contributed by atoms with Crippen molar-refractivity contribution in [2.75, 3.05) is 20.6 Å². The first kappa shape index (κ1) is 13.7. The zero-order valence-electron chi connectivity index (χ0n) is 9.87. The van der Waals surface area contributed by atoms with E-state index in [1.165, 1.54) is 4.90 Å². The Hall–Kier alpha value is -1.36. The van der Waals surface area contributed by atoms with Crippen LogP contribution in [-0.2, 0) is 10.1 Å². The minimum Gasteiger partial charge on any atom is -0.358 e. The largest absolute Gasteiger partial charge is 0.358 e. The molecule has 0 aromatic heterocycles. The Bertz CT molecular complexity index is 403. The smallest absolute Gasteiger partial charge is 0.254 e. The molecule has 0 fully saturated rings. The molecule has 2 amide bonds. The number of benzene rings is 1. The van der Waals surface area contributed by atoms with Gasteiger partial charge in [0, 0.05) is 25.0 Å². The summed E-state index contributed by atoms with van der Waals surface area (Å²) in [7, 11) is 3.15. The molecular formula is C12H15BrN2O2. The Labute approximate surface area is 109 Å². The molecule has 1 aromatic rings. The topological polar surface area (TPSA) is 49.4 Å². The number of carbonyl (C=O) groups is 2. The van der Waals surface area contributed by atoms with Gasteiger partial charge in [-0.3, -0.25) is 9.59 Å². The third-order valence-electron chi connectivity index (χ3n) is 2.36. The molecule has 17 heavy (non-hydrogen) atoms. The predicted molar refractivity (Wildman–Crippen MR) is 70.1 cm³/mol. The van der Waals surface area contributed by atoms with Gasteiger partial charge >= 0.3 is 0 Å². The number of nitrogens with one attached hydrogen (secondary N) is 1. The van der Waals surface area contributed by atoms with Gasteiger partial charge in [0.15, 0.2) is 0 Å². The molecule has 0 bridgehead atoms. The summed E-state index contributed by atoms with van der Waals surface area (Å²) in [5.74, 6) is -0.340. The lowest BCUT2D eigenvalue weighted by atomic mass is 10.1. The minimum atomic E-state index is -0.182. The zero-order valence-corrected chi connectivity index (χ0v) is 11.5. The molecule has 0 radical (unpaired) electrons. The summed E-state index contributed by atoms with van der Waals surface area (Å²) in [6, 6.07) is 7.30. The van der Waals surface area contributed by atoms with Crippen LogP contribution in [0.3, 0.4) is 0 Å². The van der Waals surface area contributed by atoms with Crippen LogP contribution in [0.4, 0.5) is 0 Å². The summed E-state index contributed by atoms with van der Waals surface area (Å²) in [5, 5.41) is 3.24. The van der Waals surface area contributed by atoms with E-state index < -0.39 is 0 Å². The summed E-state index contributed by atoms with van der Waals surface area (Å²) in [5.41, 5.74) is 1.69. The van der Waals surface area contributed by atoms with Crippen LogP contribution in [0.1, 0.15) is 15.9 Å². The van der Waals surface area contributed by atoms with Gasteiger partial charge in [0.25, 0.3) is 5.91 Å². The van der Waals surface area contributed by atoms with E-state index >= 15 is 0 Å². The molecular weight excluding hydrogens is 284 g/mol. The Kier molecular flexibility index (Phi) is 5.15. The molecule has 0 atom stereocenters. The summed E-state index contributed by atoms with van der Waals surface area (Å²) < 4.78 is 0. The number of rotatable bonds is 4. The van der Waals surface area contributed by atoms with Crippen molar-refractivity contribution in [3.63, 3.8) is 0 Å². The van der Waals surface area contributed by atoms with E-state index in [1.54, 1.807) is 26.2 Å². The van der Waals surface area contributed by atoms with Gasteiger partial charge in [-0.05, 0) is 17.7 Å². The standard InChI is InChI=1S/C12H15BrN2O2/c1-14-11(16)8-15(2)12(17)10-5-3-9(7-13)4-6-10/h3-6H,7-8H2,1-2H3,(H,14,16). The lowest BCUT2D eigenvalue weighted by Crippen LogP contribution is -2.36. The second-order valence-electron chi connectivity index (χ2n) is 3.66. The molecule has 0 saturated carbocycles. The number of alkyl halides is 1. The Morgan fingerprint density at radius 1 is 1.29 bits per heavy atom. The van der Waals surface area contributed by atoms with Crippen LogP contribution >= 0.6 is 15.9 Å². The molecule has 0 aliphatic carbocycles. The highest BCUT2D eigenvalue weighted by atomic mass is 79.9. The lowest BCUT2D eigenvalue weighted by Gasteiger charge is -2.16. The van der Waals surface area contributed by atoms with E-state index in [9.17, 15) is 9.59 Å². The molecule has 0 saturated heterocycles. The molecule has 1 rings (SSSR count). The monoisotopic (exact) mass is 298 g/mol. The summed E-state index contributed by atoms with van der Waals surface area (Å²) in [6.07, 6.45) is 0. The maximum Gasteiger partial charge on any atom is 0.254 e. The number of likely N-dealkylation sites (N-methyl/N-ethyl adjacent to an activating group) is 2. The fourth-order valence-electron chi connectivity index (χ4n) is 1.32. The second-order valence-corrected chi connectivity index (χ2v) is 4.23. The van der Waals surface area contributed by atoms with Crippen molar-refractivity contribution in [3.05, 3.63) is 35.4 Å². The molecule has 0 spiro atoms. The van der Waals surface area contributed by atoms with Crippen molar-refractivity contribution in [1.82, 2.24) is 10.2 Å². The number of halogens is 1. The summed E-state index contributed by atoms with van der Waals surface area (Å²) in [6.45, 7) is 0.0650. The highest BCUT2D eigenvalue weighted by molar-refractivity contribution is 9.08. The molecule has 92 valence electrons. The van der Waals surface area contributed by atoms with Gasteiger partial charge in [-0.15, -0.1) is 0 Å². The minimum absolute atomic E-state index is 0.0650. The zero-order chi connectivity index (χ0) is 12.8. The van der Waals surface area contributed by atoms with E-state index in [0.717, 1.165) is 10.9 Å². The van der Waals surface area contributed by atoms with Gasteiger partial charge in [0.1, 0.15) is 0 Å². The Morgan fingerprint density at radius 2 is 1.88 bits per heavy atom. The number of amides is 2. The Balaban J connectivity index is 2.71. The molecule has 1 N–H and O–H groups in total. The average molecular weight is 299 g/mol. The first-order valence-electron chi connectivity index (χ1n) is 5.19. The third-order valence-corrected chi connectivity index (χ3v) is 3.01. The molecule has 0 unspecified atom stereocenters. The van der Waals surface area contributed by atoms with E-state index in [-0.39, 0.29) is 18.4 Å². The highest BCUT2D eigenvalue weighted by Crippen LogP contribution is 2.09. The Morgan fingerprint density at radius 3 is 2.35 bits per heavy atom. The maximum atomic E-state index is 11.9. The average Bonchev–Trinajstić information content (AvgIpc) is 2.37. The van der Waals surface area contributed by atoms with Crippen molar-refractivity contribution in [1.29, 1.82) is 0 Å². The van der Waals surface area contributed by atoms with Crippen LogP contribution in [0.25, 0.3) is 0 Å². The van der Waals surface area contributed by atoms with Crippen LogP contribution < -0.4 is 5.32 Å². The van der Waals surface area contributed by atoms with Gasteiger partial charge in [0.2, 0.25) is 5.91 Å². The molecule has 1 aromatic carbocycles. The van der Waals surface area contributed by atoms with E-state index in [0.29, 0.717) is 5.56 Å².